The smallest absolute Gasteiger partial charge is 0.262 e. The minimum atomic E-state index is -0.268. The third kappa shape index (κ3) is 4.59. The van der Waals surface area contributed by atoms with E-state index < -0.39 is 0 Å². The molecule has 0 saturated heterocycles. The molecule has 0 heterocycles. The molecule has 0 spiro atoms. The predicted molar refractivity (Wildman–Crippen MR) is 100 cm³/mol. The number of aryl methyl sites for hydroxylation is 1. The second-order valence-electron chi connectivity index (χ2n) is 6.36. The molecule has 0 aromatic heterocycles. The molecule has 0 unspecified atom stereocenters. The number of carbonyl (C=O) groups excluding carboxylic acids is 2. The first-order chi connectivity index (χ1) is 11.8. The van der Waals surface area contributed by atoms with Gasteiger partial charge in [0.1, 0.15) is 5.75 Å². The molecule has 2 aromatic rings. The Balaban J connectivity index is 2.00. The topological polar surface area (TPSA) is 81.4 Å². The van der Waals surface area contributed by atoms with Crippen LogP contribution < -0.4 is 15.8 Å². The van der Waals surface area contributed by atoms with Crippen LogP contribution in [0.3, 0.4) is 0 Å². The summed E-state index contributed by atoms with van der Waals surface area (Å²) in [5.74, 6) is 0.0345. The number of rotatable bonds is 6. The Morgan fingerprint density at radius 3 is 2.52 bits per heavy atom. The van der Waals surface area contributed by atoms with Crippen LogP contribution >= 0.6 is 0 Å². The Hall–Kier alpha value is -2.82. The van der Waals surface area contributed by atoms with E-state index in [2.05, 4.69) is 5.32 Å². The number of Topliss-reactive ketones (excluding diaryl/α,β-unsaturated/α-hetero) is 1. The minimum absolute atomic E-state index is 0.0194. The summed E-state index contributed by atoms with van der Waals surface area (Å²) in [7, 11) is 0. The average Bonchev–Trinajstić information content (AvgIpc) is 2.57. The third-order valence-electron chi connectivity index (χ3n) is 4.06. The van der Waals surface area contributed by atoms with Crippen molar-refractivity contribution >= 4 is 23.1 Å². The molecule has 132 valence electrons. The van der Waals surface area contributed by atoms with Crippen molar-refractivity contribution in [3.63, 3.8) is 0 Å². The fourth-order valence-corrected chi connectivity index (χ4v) is 2.38. The number of hydrogen-bond donors (Lipinski definition) is 2. The number of carbonyl (C=O) groups is 2. The molecule has 5 heteroatoms. The zero-order valence-corrected chi connectivity index (χ0v) is 15.1. The van der Waals surface area contributed by atoms with Gasteiger partial charge in [-0.15, -0.1) is 0 Å². The SMILES string of the molecule is Cc1cccc(NC(=O)COc2ccc(C(=O)C(C)C)cc2N)c1C. The fraction of sp³-hybridized carbons (Fsp3) is 0.300. The van der Waals surface area contributed by atoms with Gasteiger partial charge in [0.05, 0.1) is 5.69 Å². The van der Waals surface area contributed by atoms with E-state index in [1.165, 1.54) is 0 Å². The third-order valence-corrected chi connectivity index (χ3v) is 4.06. The fourth-order valence-electron chi connectivity index (χ4n) is 2.38. The van der Waals surface area contributed by atoms with E-state index in [-0.39, 0.29) is 24.2 Å². The van der Waals surface area contributed by atoms with Crippen molar-refractivity contribution < 1.29 is 14.3 Å². The van der Waals surface area contributed by atoms with E-state index >= 15 is 0 Å². The molecule has 0 bridgehead atoms. The highest BCUT2D eigenvalue weighted by atomic mass is 16.5. The molecule has 0 aliphatic carbocycles. The summed E-state index contributed by atoms with van der Waals surface area (Å²) in [6.45, 7) is 7.45. The van der Waals surface area contributed by atoms with Crippen LogP contribution in [0.2, 0.25) is 0 Å². The van der Waals surface area contributed by atoms with Crippen LogP contribution in [-0.2, 0) is 4.79 Å². The second-order valence-corrected chi connectivity index (χ2v) is 6.36. The lowest BCUT2D eigenvalue weighted by Gasteiger charge is -2.13. The van der Waals surface area contributed by atoms with Gasteiger partial charge in [0.25, 0.3) is 5.91 Å². The van der Waals surface area contributed by atoms with Gasteiger partial charge in [-0.05, 0) is 49.2 Å². The minimum Gasteiger partial charge on any atom is -0.482 e. The van der Waals surface area contributed by atoms with E-state index in [9.17, 15) is 9.59 Å². The lowest BCUT2D eigenvalue weighted by atomic mass is 10.0. The Labute approximate surface area is 148 Å². The largest absolute Gasteiger partial charge is 0.482 e. The summed E-state index contributed by atoms with van der Waals surface area (Å²) >= 11 is 0. The molecule has 1 amide bonds. The maximum absolute atomic E-state index is 12.1. The van der Waals surface area contributed by atoms with Crippen LogP contribution in [0, 0.1) is 19.8 Å². The summed E-state index contributed by atoms with van der Waals surface area (Å²) in [5.41, 5.74) is 9.70. The zero-order valence-electron chi connectivity index (χ0n) is 15.1. The van der Waals surface area contributed by atoms with Crippen molar-refractivity contribution in [3.8, 4) is 5.75 Å². The molecule has 2 rings (SSSR count). The second kappa shape index (κ2) is 7.83. The van der Waals surface area contributed by atoms with Crippen LogP contribution in [0.5, 0.6) is 5.75 Å². The van der Waals surface area contributed by atoms with Gasteiger partial charge in [-0.3, -0.25) is 9.59 Å². The highest BCUT2D eigenvalue weighted by molar-refractivity contribution is 5.98. The number of nitrogen functional groups attached to an aromatic ring is 1. The van der Waals surface area contributed by atoms with Gasteiger partial charge in [0, 0.05) is 17.2 Å². The summed E-state index contributed by atoms with van der Waals surface area (Å²) in [6.07, 6.45) is 0. The maximum atomic E-state index is 12.1. The van der Waals surface area contributed by atoms with Crippen LogP contribution in [0.1, 0.15) is 35.3 Å². The molecular weight excluding hydrogens is 316 g/mol. The molecule has 25 heavy (non-hydrogen) atoms. The molecule has 0 fully saturated rings. The number of ketones is 1. The molecule has 2 aromatic carbocycles. The lowest BCUT2D eigenvalue weighted by molar-refractivity contribution is -0.118. The van der Waals surface area contributed by atoms with E-state index in [1.807, 2.05) is 45.9 Å². The Morgan fingerprint density at radius 1 is 1.16 bits per heavy atom. The maximum Gasteiger partial charge on any atom is 0.262 e. The van der Waals surface area contributed by atoms with Gasteiger partial charge < -0.3 is 15.8 Å². The molecule has 5 nitrogen and oxygen atoms in total. The number of anilines is 2. The van der Waals surface area contributed by atoms with Gasteiger partial charge in [0.2, 0.25) is 0 Å². The molecular formula is C20H24N2O3. The lowest BCUT2D eigenvalue weighted by Crippen LogP contribution is -2.21. The first kappa shape index (κ1) is 18.5. The predicted octanol–water partition coefficient (Wildman–Crippen LogP) is 3.74. The molecule has 0 radical (unpaired) electrons. The number of ether oxygens (including phenoxy) is 1. The van der Waals surface area contributed by atoms with Crippen LogP contribution in [0.15, 0.2) is 36.4 Å². The summed E-state index contributed by atoms with van der Waals surface area (Å²) in [6, 6.07) is 10.6. The normalized spacial score (nSPS) is 10.6. The van der Waals surface area contributed by atoms with Crippen molar-refractivity contribution in [2.45, 2.75) is 27.7 Å². The van der Waals surface area contributed by atoms with Crippen LogP contribution in [-0.4, -0.2) is 18.3 Å². The van der Waals surface area contributed by atoms with Crippen LogP contribution in [0.25, 0.3) is 0 Å². The van der Waals surface area contributed by atoms with E-state index in [0.29, 0.717) is 17.0 Å². The molecule has 0 saturated carbocycles. The molecule has 0 aliphatic rings. The first-order valence-corrected chi connectivity index (χ1v) is 8.22. The first-order valence-electron chi connectivity index (χ1n) is 8.22. The molecule has 0 atom stereocenters. The van der Waals surface area contributed by atoms with Crippen molar-refractivity contribution in [2.75, 3.05) is 17.7 Å². The Bertz CT molecular complexity index is 798. The molecule has 3 N–H and O–H groups in total. The standard InChI is InChI=1S/C20H24N2O3/c1-12(2)20(24)15-8-9-18(16(21)10-15)25-11-19(23)22-17-7-5-6-13(3)14(17)4/h5-10,12H,11,21H2,1-4H3,(H,22,23). The Kier molecular flexibility index (Phi) is 5.80. The zero-order chi connectivity index (χ0) is 18.6. The highest BCUT2D eigenvalue weighted by Crippen LogP contribution is 2.24. The number of nitrogens with one attached hydrogen (secondary N) is 1. The highest BCUT2D eigenvalue weighted by Gasteiger charge is 2.13. The quantitative estimate of drug-likeness (QED) is 0.620. The van der Waals surface area contributed by atoms with Gasteiger partial charge in [-0.2, -0.15) is 0 Å². The van der Waals surface area contributed by atoms with Crippen molar-refractivity contribution in [1.82, 2.24) is 0 Å². The van der Waals surface area contributed by atoms with Gasteiger partial charge in [-0.25, -0.2) is 0 Å². The van der Waals surface area contributed by atoms with Crippen molar-refractivity contribution in [3.05, 3.63) is 53.1 Å². The monoisotopic (exact) mass is 340 g/mol. The summed E-state index contributed by atoms with van der Waals surface area (Å²) in [4.78, 5) is 24.1. The number of benzene rings is 2. The number of hydrogen-bond acceptors (Lipinski definition) is 4. The summed E-state index contributed by atoms with van der Waals surface area (Å²) in [5, 5.41) is 2.83. The van der Waals surface area contributed by atoms with Gasteiger partial charge >= 0.3 is 0 Å². The van der Waals surface area contributed by atoms with Crippen molar-refractivity contribution in [1.29, 1.82) is 0 Å². The van der Waals surface area contributed by atoms with Gasteiger partial charge in [-0.1, -0.05) is 26.0 Å². The van der Waals surface area contributed by atoms with Gasteiger partial charge in [0.15, 0.2) is 12.4 Å². The van der Waals surface area contributed by atoms with E-state index in [1.54, 1.807) is 18.2 Å². The average molecular weight is 340 g/mol. The summed E-state index contributed by atoms with van der Waals surface area (Å²) < 4.78 is 5.49. The Morgan fingerprint density at radius 2 is 1.88 bits per heavy atom. The van der Waals surface area contributed by atoms with Crippen molar-refractivity contribution in [2.24, 2.45) is 5.92 Å². The molecule has 0 aliphatic heterocycles. The van der Waals surface area contributed by atoms with E-state index in [4.69, 9.17) is 10.5 Å². The van der Waals surface area contributed by atoms with Crippen LogP contribution in [0.4, 0.5) is 11.4 Å². The number of amides is 1. The van der Waals surface area contributed by atoms with E-state index in [0.717, 1.165) is 16.8 Å². The number of nitrogens with two attached hydrogens (primary N) is 1.